The Hall–Kier alpha value is -0.720. The maximum atomic E-state index is 8.74. The maximum Gasteiger partial charge on any atom is 0.0851 e. The Morgan fingerprint density at radius 3 is 2.36 bits per heavy atom. The van der Waals surface area contributed by atoms with E-state index in [0.29, 0.717) is 5.76 Å². The second kappa shape index (κ2) is 7.39. The van der Waals surface area contributed by atoms with E-state index in [4.69, 9.17) is 5.11 Å². The summed E-state index contributed by atoms with van der Waals surface area (Å²) in [5, 5.41) is 8.74. The van der Waals surface area contributed by atoms with Crippen molar-refractivity contribution in [1.82, 2.24) is 0 Å². The Bertz CT molecular complexity index is 116. The van der Waals surface area contributed by atoms with Crippen molar-refractivity contribution in [3.05, 3.63) is 25.0 Å². The van der Waals surface area contributed by atoms with Crippen LogP contribution >= 0.6 is 0 Å². The highest BCUT2D eigenvalue weighted by atomic mass is 16.3. The molecule has 0 heterocycles. The van der Waals surface area contributed by atoms with Gasteiger partial charge in [0, 0.05) is 6.42 Å². The van der Waals surface area contributed by atoms with Gasteiger partial charge in [0.25, 0.3) is 0 Å². The highest BCUT2D eigenvalue weighted by Crippen LogP contribution is 2.07. The van der Waals surface area contributed by atoms with Crippen LogP contribution in [0, 0.1) is 0 Å². The van der Waals surface area contributed by atoms with Crippen molar-refractivity contribution in [2.45, 2.75) is 38.5 Å². The Kier molecular flexibility index (Phi) is 6.90. The quantitative estimate of drug-likeness (QED) is 0.337. The first kappa shape index (κ1) is 10.3. The lowest BCUT2D eigenvalue weighted by atomic mass is 10.1. The molecule has 0 atom stereocenters. The predicted molar refractivity (Wildman–Crippen MR) is 49.7 cm³/mol. The molecule has 0 radical (unpaired) electrons. The Labute approximate surface area is 69.4 Å². The first-order chi connectivity index (χ1) is 5.27. The molecule has 0 aromatic carbocycles. The minimum Gasteiger partial charge on any atom is -0.513 e. The van der Waals surface area contributed by atoms with Crippen LogP contribution < -0.4 is 0 Å². The standard InChI is InChI=1S/C10H18O/c1-3-4-5-6-7-8-9-10(2)11/h3,11H,1-2,4-9H2. The second-order valence-corrected chi connectivity index (χ2v) is 2.81. The van der Waals surface area contributed by atoms with Gasteiger partial charge in [-0.25, -0.2) is 0 Å². The van der Waals surface area contributed by atoms with Crippen LogP contribution in [-0.2, 0) is 0 Å². The molecule has 0 amide bonds. The van der Waals surface area contributed by atoms with Crippen LogP contribution in [0.2, 0.25) is 0 Å². The second-order valence-electron chi connectivity index (χ2n) is 2.81. The monoisotopic (exact) mass is 154 g/mol. The van der Waals surface area contributed by atoms with Crippen LogP contribution in [0.4, 0.5) is 0 Å². The van der Waals surface area contributed by atoms with Crippen molar-refractivity contribution >= 4 is 0 Å². The molecule has 0 fully saturated rings. The van der Waals surface area contributed by atoms with Crippen LogP contribution in [0.1, 0.15) is 38.5 Å². The minimum atomic E-state index is 0.314. The summed E-state index contributed by atoms with van der Waals surface area (Å²) in [6.45, 7) is 7.08. The third kappa shape index (κ3) is 9.28. The lowest BCUT2D eigenvalue weighted by molar-refractivity contribution is 0.383. The Morgan fingerprint density at radius 2 is 1.82 bits per heavy atom. The van der Waals surface area contributed by atoms with Crippen LogP contribution in [0.5, 0.6) is 0 Å². The van der Waals surface area contributed by atoms with Gasteiger partial charge in [0.2, 0.25) is 0 Å². The van der Waals surface area contributed by atoms with Gasteiger partial charge in [-0.15, -0.1) is 6.58 Å². The third-order valence-electron chi connectivity index (χ3n) is 1.62. The smallest absolute Gasteiger partial charge is 0.0851 e. The van der Waals surface area contributed by atoms with Gasteiger partial charge in [0.1, 0.15) is 0 Å². The van der Waals surface area contributed by atoms with E-state index in [9.17, 15) is 0 Å². The molecule has 0 aliphatic carbocycles. The van der Waals surface area contributed by atoms with Crippen molar-refractivity contribution in [2.24, 2.45) is 0 Å². The molecule has 1 heteroatoms. The van der Waals surface area contributed by atoms with E-state index < -0.39 is 0 Å². The lowest BCUT2D eigenvalue weighted by Gasteiger charge is -1.98. The van der Waals surface area contributed by atoms with E-state index in [1.165, 1.54) is 19.3 Å². The van der Waals surface area contributed by atoms with E-state index >= 15 is 0 Å². The Balaban J connectivity index is 2.90. The fraction of sp³-hybridized carbons (Fsp3) is 0.600. The van der Waals surface area contributed by atoms with Gasteiger partial charge in [0.15, 0.2) is 0 Å². The highest BCUT2D eigenvalue weighted by molar-refractivity contribution is 4.77. The van der Waals surface area contributed by atoms with Crippen molar-refractivity contribution in [3.8, 4) is 0 Å². The largest absolute Gasteiger partial charge is 0.513 e. The van der Waals surface area contributed by atoms with Crippen molar-refractivity contribution in [1.29, 1.82) is 0 Å². The summed E-state index contributed by atoms with van der Waals surface area (Å²) >= 11 is 0. The zero-order valence-corrected chi connectivity index (χ0v) is 7.18. The number of allylic oxidation sites excluding steroid dienone is 2. The SMILES string of the molecule is C=CCCCCCCC(=C)O. The summed E-state index contributed by atoms with van der Waals surface area (Å²) in [6, 6.07) is 0. The molecule has 11 heavy (non-hydrogen) atoms. The maximum absolute atomic E-state index is 8.74. The minimum absolute atomic E-state index is 0.314. The van der Waals surface area contributed by atoms with Crippen LogP contribution in [0.15, 0.2) is 25.0 Å². The zero-order valence-electron chi connectivity index (χ0n) is 7.18. The van der Waals surface area contributed by atoms with E-state index in [-0.39, 0.29) is 0 Å². The molecule has 64 valence electrons. The number of unbranched alkanes of at least 4 members (excludes halogenated alkanes) is 4. The summed E-state index contributed by atoms with van der Waals surface area (Å²) < 4.78 is 0. The number of rotatable bonds is 7. The van der Waals surface area contributed by atoms with Gasteiger partial charge in [-0.1, -0.05) is 25.5 Å². The van der Waals surface area contributed by atoms with E-state index in [1.807, 2.05) is 6.08 Å². The number of aliphatic hydroxyl groups excluding tert-OH is 1. The molecular formula is C10H18O. The van der Waals surface area contributed by atoms with Gasteiger partial charge in [-0.3, -0.25) is 0 Å². The van der Waals surface area contributed by atoms with Crippen LogP contribution in [0.25, 0.3) is 0 Å². The molecule has 0 aromatic rings. The zero-order chi connectivity index (χ0) is 8.53. The van der Waals surface area contributed by atoms with Crippen LogP contribution in [-0.4, -0.2) is 5.11 Å². The molecule has 0 saturated carbocycles. The molecule has 0 rings (SSSR count). The van der Waals surface area contributed by atoms with Gasteiger partial charge in [0.05, 0.1) is 5.76 Å². The number of aliphatic hydroxyl groups is 1. The number of hydrogen-bond donors (Lipinski definition) is 1. The van der Waals surface area contributed by atoms with Gasteiger partial charge >= 0.3 is 0 Å². The molecule has 1 nitrogen and oxygen atoms in total. The van der Waals surface area contributed by atoms with E-state index in [2.05, 4.69) is 13.2 Å². The fourth-order valence-electron chi connectivity index (χ4n) is 0.971. The summed E-state index contributed by atoms with van der Waals surface area (Å²) in [5.74, 6) is 0.314. The summed E-state index contributed by atoms with van der Waals surface area (Å²) in [5.41, 5.74) is 0. The third-order valence-corrected chi connectivity index (χ3v) is 1.62. The summed E-state index contributed by atoms with van der Waals surface area (Å²) in [7, 11) is 0. The molecule has 0 aliphatic heterocycles. The number of hydrogen-bond acceptors (Lipinski definition) is 1. The highest BCUT2D eigenvalue weighted by Gasteiger charge is 1.90. The molecule has 0 aromatic heterocycles. The van der Waals surface area contributed by atoms with Crippen molar-refractivity contribution < 1.29 is 5.11 Å². The predicted octanol–water partition coefficient (Wildman–Crippen LogP) is 3.58. The molecule has 0 bridgehead atoms. The molecule has 0 saturated heterocycles. The average Bonchev–Trinajstić information content (AvgIpc) is 1.96. The van der Waals surface area contributed by atoms with Gasteiger partial charge in [-0.2, -0.15) is 0 Å². The summed E-state index contributed by atoms with van der Waals surface area (Å²) in [6.07, 6.45) is 8.53. The first-order valence-corrected chi connectivity index (χ1v) is 4.25. The molecule has 0 spiro atoms. The normalized spacial score (nSPS) is 9.45. The van der Waals surface area contributed by atoms with Gasteiger partial charge in [-0.05, 0) is 19.3 Å². The van der Waals surface area contributed by atoms with E-state index in [0.717, 1.165) is 19.3 Å². The van der Waals surface area contributed by atoms with Crippen LogP contribution in [0.3, 0.4) is 0 Å². The van der Waals surface area contributed by atoms with Crippen molar-refractivity contribution in [2.75, 3.05) is 0 Å². The molecule has 0 unspecified atom stereocenters. The van der Waals surface area contributed by atoms with Gasteiger partial charge < -0.3 is 5.11 Å². The molecule has 1 N–H and O–H groups in total. The first-order valence-electron chi connectivity index (χ1n) is 4.25. The van der Waals surface area contributed by atoms with E-state index in [1.54, 1.807) is 0 Å². The van der Waals surface area contributed by atoms with Crippen molar-refractivity contribution in [3.63, 3.8) is 0 Å². The summed E-state index contributed by atoms with van der Waals surface area (Å²) in [4.78, 5) is 0. The average molecular weight is 154 g/mol. The topological polar surface area (TPSA) is 20.2 Å². The molecule has 0 aliphatic rings. The fourth-order valence-corrected chi connectivity index (χ4v) is 0.971. The molecular weight excluding hydrogens is 136 g/mol. The lowest BCUT2D eigenvalue weighted by Crippen LogP contribution is -1.80. The Morgan fingerprint density at radius 1 is 1.18 bits per heavy atom.